The summed E-state index contributed by atoms with van der Waals surface area (Å²) in [5.41, 5.74) is 2.18. The number of hydrogen-bond acceptors (Lipinski definition) is 7. The molecular weight excluding hydrogens is 520 g/mol. The minimum absolute atomic E-state index is 0.517. The molecule has 7 heteroatoms. The van der Waals surface area contributed by atoms with E-state index in [1.807, 2.05) is 0 Å². The van der Waals surface area contributed by atoms with Gasteiger partial charge in [0.15, 0.2) is 0 Å². The maximum atomic E-state index is 6.16. The van der Waals surface area contributed by atoms with Gasteiger partial charge in [-0.25, -0.2) is 0 Å². The van der Waals surface area contributed by atoms with E-state index in [-0.39, 0.29) is 0 Å². The van der Waals surface area contributed by atoms with Crippen molar-refractivity contribution in [3.63, 3.8) is 0 Å². The van der Waals surface area contributed by atoms with Gasteiger partial charge in [-0.15, -0.1) is 0 Å². The molecule has 1 aromatic rings. The molecule has 0 saturated carbocycles. The Balaban J connectivity index is 1.62. The summed E-state index contributed by atoms with van der Waals surface area (Å²) in [6.45, 7) is 9.56. The van der Waals surface area contributed by atoms with E-state index in [1.54, 1.807) is 0 Å². The molecule has 2 rings (SSSR count). The van der Waals surface area contributed by atoms with Crippen molar-refractivity contribution in [1.29, 1.82) is 0 Å². The third kappa shape index (κ3) is 22.0. The maximum Gasteiger partial charge on any atom is 0.120 e. The molecule has 0 unspecified atom stereocenters. The minimum atomic E-state index is 0.517. The molecule has 41 heavy (non-hydrogen) atoms. The van der Waals surface area contributed by atoms with Gasteiger partial charge in [-0.2, -0.15) is 0 Å². The zero-order valence-electron chi connectivity index (χ0n) is 26.2. The van der Waals surface area contributed by atoms with Gasteiger partial charge < -0.3 is 33.2 Å². The standard InChI is InChI=1S/C34H60O7/c1-2-3-4-5-6-7-8-9-10-11-12-13-14-15-16-41-34-28-32-27-33(29-34)31-40-26-24-38-22-20-36-18-17-35-19-21-37-23-25-39-30-32/h27-29H,2-26,30-31H2,1H3. The van der Waals surface area contributed by atoms with Crippen LogP contribution >= 0.6 is 0 Å². The number of unbranched alkanes of at least 4 members (excludes halogenated alkanes) is 13. The first-order chi connectivity index (χ1) is 20.4. The quantitative estimate of drug-likeness (QED) is 0.186. The lowest BCUT2D eigenvalue weighted by Crippen LogP contribution is -2.13. The summed E-state index contributed by atoms with van der Waals surface area (Å²) in [7, 11) is 0. The first-order valence-electron chi connectivity index (χ1n) is 16.6. The lowest BCUT2D eigenvalue weighted by Gasteiger charge is -2.13. The predicted molar refractivity (Wildman–Crippen MR) is 165 cm³/mol. The van der Waals surface area contributed by atoms with Crippen LogP contribution in [-0.4, -0.2) is 72.7 Å². The highest BCUT2D eigenvalue weighted by molar-refractivity contribution is 5.34. The Morgan fingerprint density at radius 2 is 0.780 bits per heavy atom. The second-order valence-corrected chi connectivity index (χ2v) is 11.0. The topological polar surface area (TPSA) is 64.6 Å². The highest BCUT2D eigenvalue weighted by Crippen LogP contribution is 2.20. The van der Waals surface area contributed by atoms with Crippen LogP contribution in [0.3, 0.4) is 0 Å². The van der Waals surface area contributed by atoms with Crippen molar-refractivity contribution >= 4 is 0 Å². The van der Waals surface area contributed by atoms with Gasteiger partial charge in [0, 0.05) is 0 Å². The third-order valence-corrected chi connectivity index (χ3v) is 7.19. The van der Waals surface area contributed by atoms with Crippen molar-refractivity contribution in [2.75, 3.05) is 72.7 Å². The van der Waals surface area contributed by atoms with E-state index in [9.17, 15) is 0 Å². The monoisotopic (exact) mass is 580 g/mol. The summed E-state index contributed by atoms with van der Waals surface area (Å²) in [6.07, 6.45) is 19.0. The molecule has 0 spiro atoms. The van der Waals surface area contributed by atoms with Gasteiger partial charge in [-0.1, -0.05) is 96.5 Å². The van der Waals surface area contributed by atoms with Crippen molar-refractivity contribution in [2.24, 2.45) is 0 Å². The van der Waals surface area contributed by atoms with Crippen LogP contribution in [0.1, 0.15) is 108 Å². The molecule has 1 heterocycles. The number of benzene rings is 1. The fraction of sp³-hybridized carbons (Fsp3) is 0.824. The Morgan fingerprint density at radius 3 is 1.17 bits per heavy atom. The molecule has 1 aliphatic rings. The smallest absolute Gasteiger partial charge is 0.120 e. The van der Waals surface area contributed by atoms with Crippen molar-refractivity contribution in [1.82, 2.24) is 0 Å². The van der Waals surface area contributed by atoms with Gasteiger partial charge in [-0.3, -0.25) is 0 Å². The van der Waals surface area contributed by atoms with Gasteiger partial charge in [0.25, 0.3) is 0 Å². The lowest BCUT2D eigenvalue weighted by molar-refractivity contribution is -0.0181. The summed E-state index contributed by atoms with van der Waals surface area (Å²) in [5, 5.41) is 0. The van der Waals surface area contributed by atoms with Gasteiger partial charge in [0.1, 0.15) is 5.75 Å². The number of rotatable bonds is 16. The van der Waals surface area contributed by atoms with Crippen LogP contribution in [0.15, 0.2) is 18.2 Å². The SMILES string of the molecule is CCCCCCCCCCCCCCCCOc1cc2cc(c1)COCCOCCOCCOCCOCCOC2. The van der Waals surface area contributed by atoms with E-state index in [1.165, 1.54) is 83.5 Å². The molecule has 0 aromatic heterocycles. The van der Waals surface area contributed by atoms with Crippen LogP contribution in [0.5, 0.6) is 5.75 Å². The molecule has 0 aliphatic carbocycles. The van der Waals surface area contributed by atoms with Gasteiger partial charge in [0.05, 0.1) is 85.9 Å². The normalized spacial score (nSPS) is 17.1. The molecule has 2 bridgehead atoms. The molecular formula is C34H60O7. The Morgan fingerprint density at radius 1 is 0.439 bits per heavy atom. The fourth-order valence-corrected chi connectivity index (χ4v) is 4.84. The molecule has 0 radical (unpaired) electrons. The van der Waals surface area contributed by atoms with Crippen LogP contribution in [-0.2, 0) is 41.6 Å². The van der Waals surface area contributed by atoms with E-state index in [0.29, 0.717) is 79.3 Å². The average molecular weight is 581 g/mol. The summed E-state index contributed by atoms with van der Waals surface area (Å²) in [5.74, 6) is 0.889. The molecule has 0 atom stereocenters. The molecule has 1 aromatic carbocycles. The maximum absolute atomic E-state index is 6.16. The lowest BCUT2D eigenvalue weighted by atomic mass is 10.0. The first kappa shape index (κ1) is 36.0. The number of fused-ring (bicyclic) bond motifs is 2. The largest absolute Gasteiger partial charge is 0.494 e. The van der Waals surface area contributed by atoms with Crippen molar-refractivity contribution in [2.45, 2.75) is 110 Å². The van der Waals surface area contributed by atoms with Crippen molar-refractivity contribution in [3.05, 3.63) is 29.3 Å². The van der Waals surface area contributed by atoms with Crippen LogP contribution in [0.4, 0.5) is 0 Å². The number of hydrogen-bond donors (Lipinski definition) is 0. The van der Waals surface area contributed by atoms with Crippen molar-refractivity contribution < 1.29 is 33.2 Å². The summed E-state index contributed by atoms with van der Waals surface area (Å²) in [6, 6.07) is 6.30. The summed E-state index contributed by atoms with van der Waals surface area (Å²) in [4.78, 5) is 0. The van der Waals surface area contributed by atoms with E-state index in [4.69, 9.17) is 33.2 Å². The molecule has 7 nitrogen and oxygen atoms in total. The van der Waals surface area contributed by atoms with E-state index in [0.717, 1.165) is 29.9 Å². The minimum Gasteiger partial charge on any atom is -0.494 e. The zero-order chi connectivity index (χ0) is 28.9. The van der Waals surface area contributed by atoms with Crippen LogP contribution in [0.25, 0.3) is 0 Å². The molecule has 0 fully saturated rings. The second-order valence-electron chi connectivity index (χ2n) is 11.0. The Bertz CT molecular complexity index is 661. The number of ether oxygens (including phenoxy) is 7. The summed E-state index contributed by atoms with van der Waals surface area (Å²) < 4.78 is 40.1. The van der Waals surface area contributed by atoms with Gasteiger partial charge >= 0.3 is 0 Å². The zero-order valence-corrected chi connectivity index (χ0v) is 26.2. The Labute approximate surface area is 250 Å². The second kappa shape index (κ2) is 27.6. The first-order valence-corrected chi connectivity index (χ1v) is 16.6. The highest BCUT2D eigenvalue weighted by Gasteiger charge is 2.05. The van der Waals surface area contributed by atoms with E-state index in [2.05, 4.69) is 25.1 Å². The highest BCUT2D eigenvalue weighted by atomic mass is 16.6. The molecule has 0 amide bonds. The van der Waals surface area contributed by atoms with Crippen LogP contribution in [0, 0.1) is 0 Å². The van der Waals surface area contributed by atoms with Crippen LogP contribution < -0.4 is 4.74 Å². The van der Waals surface area contributed by atoms with E-state index < -0.39 is 0 Å². The summed E-state index contributed by atoms with van der Waals surface area (Å²) >= 11 is 0. The molecule has 1 aliphatic heterocycles. The van der Waals surface area contributed by atoms with Crippen LogP contribution in [0.2, 0.25) is 0 Å². The van der Waals surface area contributed by atoms with E-state index >= 15 is 0 Å². The Kier molecular flexibility index (Phi) is 24.2. The molecule has 0 saturated heterocycles. The van der Waals surface area contributed by atoms with Gasteiger partial charge in [0.2, 0.25) is 0 Å². The predicted octanol–water partition coefficient (Wildman–Crippen LogP) is 7.66. The average Bonchev–Trinajstić information content (AvgIpc) is 2.98. The Hall–Kier alpha value is -1.22. The van der Waals surface area contributed by atoms with Crippen molar-refractivity contribution in [3.8, 4) is 5.75 Å². The molecule has 0 N–H and O–H groups in total. The molecule has 238 valence electrons. The third-order valence-electron chi connectivity index (χ3n) is 7.19. The fourth-order valence-electron chi connectivity index (χ4n) is 4.84. The van der Waals surface area contributed by atoms with Gasteiger partial charge in [-0.05, 0) is 29.7 Å².